The molecule has 0 aliphatic rings. The summed E-state index contributed by atoms with van der Waals surface area (Å²) in [6.07, 6.45) is 2.00. The molecule has 2 aromatic rings. The molecule has 132 valence electrons. The number of aromatic carboxylic acids is 1. The van der Waals surface area contributed by atoms with E-state index in [1.54, 1.807) is 24.3 Å². The van der Waals surface area contributed by atoms with Crippen LogP contribution in [0.5, 0.6) is 5.75 Å². The first-order valence-corrected chi connectivity index (χ1v) is 8.44. The van der Waals surface area contributed by atoms with E-state index in [1.165, 1.54) is 12.1 Å². The fourth-order valence-electron chi connectivity index (χ4n) is 2.04. The maximum atomic E-state index is 12.3. The zero-order valence-corrected chi connectivity index (χ0v) is 15.0. The lowest BCUT2D eigenvalue weighted by Crippen LogP contribution is -2.13. The van der Waals surface area contributed by atoms with Gasteiger partial charge in [0, 0.05) is 5.56 Å². The molecule has 0 spiro atoms. The molecule has 1 amide bonds. The van der Waals surface area contributed by atoms with Gasteiger partial charge < -0.3 is 15.2 Å². The van der Waals surface area contributed by atoms with Gasteiger partial charge in [0.05, 0.1) is 27.9 Å². The van der Waals surface area contributed by atoms with Crippen LogP contribution in [0.3, 0.4) is 0 Å². The molecule has 25 heavy (non-hydrogen) atoms. The number of carboxylic acid groups (broad SMARTS) is 1. The first kappa shape index (κ1) is 19.1. The number of hydrogen-bond acceptors (Lipinski definition) is 3. The van der Waals surface area contributed by atoms with Crippen molar-refractivity contribution in [3.8, 4) is 5.75 Å². The van der Waals surface area contributed by atoms with E-state index in [0.29, 0.717) is 17.9 Å². The number of benzene rings is 2. The summed E-state index contributed by atoms with van der Waals surface area (Å²) < 4.78 is 5.54. The van der Waals surface area contributed by atoms with Crippen LogP contribution in [-0.4, -0.2) is 23.6 Å². The molecular weight excluding hydrogens is 365 g/mol. The molecule has 0 atom stereocenters. The van der Waals surface area contributed by atoms with Gasteiger partial charge in [-0.15, -0.1) is 0 Å². The number of unbranched alkanes of at least 4 members (excludes halogenated alkanes) is 1. The second-order valence-electron chi connectivity index (χ2n) is 5.30. The number of amides is 1. The molecule has 2 rings (SSSR count). The van der Waals surface area contributed by atoms with Crippen LogP contribution in [0.2, 0.25) is 10.0 Å². The lowest BCUT2D eigenvalue weighted by atomic mass is 10.1. The van der Waals surface area contributed by atoms with E-state index in [9.17, 15) is 9.59 Å². The van der Waals surface area contributed by atoms with Gasteiger partial charge >= 0.3 is 5.97 Å². The van der Waals surface area contributed by atoms with Gasteiger partial charge in [-0.05, 0) is 42.8 Å². The summed E-state index contributed by atoms with van der Waals surface area (Å²) in [6, 6.07) is 9.17. The van der Waals surface area contributed by atoms with Gasteiger partial charge in [0.25, 0.3) is 5.91 Å². The smallest absolute Gasteiger partial charge is 0.337 e. The van der Waals surface area contributed by atoms with Gasteiger partial charge in [-0.1, -0.05) is 36.5 Å². The minimum Gasteiger partial charge on any atom is -0.494 e. The van der Waals surface area contributed by atoms with Gasteiger partial charge in [0.2, 0.25) is 0 Å². The number of nitrogens with one attached hydrogen (secondary N) is 1. The normalized spacial score (nSPS) is 10.4. The van der Waals surface area contributed by atoms with Crippen molar-refractivity contribution in [2.45, 2.75) is 19.8 Å². The summed E-state index contributed by atoms with van der Waals surface area (Å²) in [7, 11) is 0. The van der Waals surface area contributed by atoms with E-state index in [1.807, 2.05) is 0 Å². The molecule has 0 radical (unpaired) electrons. The SMILES string of the molecule is CCCCOc1ccc(C(=O)Nc2cc(C(=O)O)c(Cl)cc2Cl)cc1. The van der Waals surface area contributed by atoms with Crippen LogP contribution < -0.4 is 10.1 Å². The maximum Gasteiger partial charge on any atom is 0.337 e. The average molecular weight is 382 g/mol. The Morgan fingerprint density at radius 2 is 1.80 bits per heavy atom. The zero-order valence-electron chi connectivity index (χ0n) is 13.5. The van der Waals surface area contributed by atoms with E-state index >= 15 is 0 Å². The number of anilines is 1. The summed E-state index contributed by atoms with van der Waals surface area (Å²) in [4.78, 5) is 23.4. The Labute approximate surface area is 155 Å². The van der Waals surface area contributed by atoms with Crippen LogP contribution in [0.1, 0.15) is 40.5 Å². The average Bonchev–Trinajstić information content (AvgIpc) is 2.57. The summed E-state index contributed by atoms with van der Waals surface area (Å²) in [5, 5.41) is 11.8. The molecule has 0 aromatic heterocycles. The van der Waals surface area contributed by atoms with Crippen LogP contribution in [0, 0.1) is 0 Å². The van der Waals surface area contributed by atoms with Crippen molar-refractivity contribution in [2.24, 2.45) is 0 Å². The molecule has 0 bridgehead atoms. The van der Waals surface area contributed by atoms with Crippen molar-refractivity contribution < 1.29 is 19.4 Å². The molecule has 5 nitrogen and oxygen atoms in total. The molecule has 0 heterocycles. The number of hydrogen-bond donors (Lipinski definition) is 2. The Morgan fingerprint density at radius 3 is 2.40 bits per heavy atom. The Kier molecular flexibility index (Phi) is 6.67. The Hall–Kier alpha value is -2.24. The highest BCUT2D eigenvalue weighted by Crippen LogP contribution is 2.29. The monoisotopic (exact) mass is 381 g/mol. The largest absolute Gasteiger partial charge is 0.494 e. The van der Waals surface area contributed by atoms with Crippen LogP contribution in [0.15, 0.2) is 36.4 Å². The molecule has 2 aromatic carbocycles. The third kappa shape index (κ3) is 5.11. The summed E-state index contributed by atoms with van der Waals surface area (Å²) >= 11 is 11.8. The van der Waals surface area contributed by atoms with Crippen LogP contribution in [0.25, 0.3) is 0 Å². The second kappa shape index (κ2) is 8.74. The predicted octanol–water partition coefficient (Wildman–Crippen LogP) is 5.12. The van der Waals surface area contributed by atoms with E-state index in [-0.39, 0.29) is 21.3 Å². The number of ether oxygens (including phenoxy) is 1. The predicted molar refractivity (Wildman–Crippen MR) is 98.2 cm³/mol. The molecule has 2 N–H and O–H groups in total. The third-order valence-electron chi connectivity index (χ3n) is 3.42. The second-order valence-corrected chi connectivity index (χ2v) is 6.11. The first-order chi connectivity index (χ1) is 11.9. The van der Waals surface area contributed by atoms with Crippen molar-refractivity contribution in [2.75, 3.05) is 11.9 Å². The third-order valence-corrected chi connectivity index (χ3v) is 4.04. The zero-order chi connectivity index (χ0) is 18.4. The van der Waals surface area contributed by atoms with Crippen molar-refractivity contribution in [3.05, 3.63) is 57.6 Å². The van der Waals surface area contributed by atoms with Crippen molar-refractivity contribution in [1.29, 1.82) is 0 Å². The molecule has 0 aliphatic carbocycles. The van der Waals surface area contributed by atoms with Gasteiger partial charge in [0.15, 0.2) is 0 Å². The summed E-state index contributed by atoms with van der Waals surface area (Å²) in [6.45, 7) is 2.70. The lowest BCUT2D eigenvalue weighted by Gasteiger charge is -2.10. The fraction of sp³-hybridized carbons (Fsp3) is 0.222. The number of halogens is 2. The number of carboxylic acids is 1. The van der Waals surface area contributed by atoms with E-state index < -0.39 is 11.9 Å². The first-order valence-electron chi connectivity index (χ1n) is 7.69. The molecule has 7 heteroatoms. The molecule has 0 aliphatic heterocycles. The molecule has 0 saturated carbocycles. The van der Waals surface area contributed by atoms with E-state index in [2.05, 4.69) is 12.2 Å². The molecule has 0 saturated heterocycles. The maximum absolute atomic E-state index is 12.3. The highest BCUT2D eigenvalue weighted by Gasteiger charge is 2.15. The number of rotatable bonds is 7. The summed E-state index contributed by atoms with van der Waals surface area (Å²) in [5.74, 6) is -0.936. The molecule has 0 unspecified atom stereocenters. The van der Waals surface area contributed by atoms with Gasteiger partial charge in [-0.2, -0.15) is 0 Å². The van der Waals surface area contributed by atoms with Crippen molar-refractivity contribution in [1.82, 2.24) is 0 Å². The van der Waals surface area contributed by atoms with Crippen molar-refractivity contribution >= 4 is 40.8 Å². The van der Waals surface area contributed by atoms with Crippen LogP contribution in [-0.2, 0) is 0 Å². The fourth-order valence-corrected chi connectivity index (χ4v) is 2.55. The van der Waals surface area contributed by atoms with Gasteiger partial charge in [-0.3, -0.25) is 4.79 Å². The Balaban J connectivity index is 2.11. The van der Waals surface area contributed by atoms with Crippen LogP contribution in [0.4, 0.5) is 5.69 Å². The molecular formula is C18H17Cl2NO4. The number of carbonyl (C=O) groups excluding carboxylic acids is 1. The van der Waals surface area contributed by atoms with Crippen molar-refractivity contribution in [3.63, 3.8) is 0 Å². The topological polar surface area (TPSA) is 75.6 Å². The quantitative estimate of drug-likeness (QED) is 0.652. The Bertz CT molecular complexity index is 775. The lowest BCUT2D eigenvalue weighted by molar-refractivity contribution is 0.0696. The minimum atomic E-state index is -1.20. The van der Waals surface area contributed by atoms with E-state index in [4.69, 9.17) is 33.0 Å². The summed E-state index contributed by atoms with van der Waals surface area (Å²) in [5.41, 5.74) is 0.434. The van der Waals surface area contributed by atoms with Crippen LogP contribution >= 0.6 is 23.2 Å². The van der Waals surface area contributed by atoms with Gasteiger partial charge in [0.1, 0.15) is 5.75 Å². The highest BCUT2D eigenvalue weighted by atomic mass is 35.5. The van der Waals surface area contributed by atoms with Gasteiger partial charge in [-0.25, -0.2) is 4.79 Å². The standard InChI is InChI=1S/C18H17Cl2NO4/c1-2-3-8-25-12-6-4-11(5-7-12)17(22)21-16-9-13(18(23)24)14(19)10-15(16)20/h4-7,9-10H,2-3,8H2,1H3,(H,21,22)(H,23,24). The highest BCUT2D eigenvalue weighted by molar-refractivity contribution is 6.38. The minimum absolute atomic E-state index is 0.00378. The van der Waals surface area contributed by atoms with E-state index in [0.717, 1.165) is 12.8 Å². The Morgan fingerprint density at radius 1 is 1.12 bits per heavy atom. The molecule has 0 fully saturated rings. The number of carbonyl (C=O) groups is 2.